The van der Waals surface area contributed by atoms with Crippen molar-refractivity contribution in [3.05, 3.63) is 35.9 Å². The Morgan fingerprint density at radius 3 is 2.47 bits per heavy atom. The van der Waals surface area contributed by atoms with E-state index < -0.39 is 0 Å². The van der Waals surface area contributed by atoms with Crippen molar-refractivity contribution >= 4 is 5.78 Å². The molecule has 1 aromatic rings. The van der Waals surface area contributed by atoms with Crippen LogP contribution >= 0.6 is 0 Å². The van der Waals surface area contributed by atoms with Crippen LogP contribution in [0.1, 0.15) is 30.1 Å². The van der Waals surface area contributed by atoms with E-state index in [1.807, 2.05) is 37.3 Å². The van der Waals surface area contributed by atoms with Crippen molar-refractivity contribution in [1.82, 2.24) is 4.90 Å². The highest BCUT2D eigenvalue weighted by Crippen LogP contribution is 2.15. The number of likely N-dealkylation sites (tertiary alicyclic amines) is 1. The Labute approximate surface area is 102 Å². The van der Waals surface area contributed by atoms with E-state index in [1.54, 1.807) is 0 Å². The first-order valence-corrected chi connectivity index (χ1v) is 6.20. The zero-order valence-electron chi connectivity index (χ0n) is 10.2. The molecule has 1 saturated heterocycles. The van der Waals surface area contributed by atoms with Crippen LogP contribution in [0.15, 0.2) is 30.3 Å². The number of nitrogens with zero attached hydrogens (tertiary/aromatic N) is 1. The minimum absolute atomic E-state index is 0.0927. The van der Waals surface area contributed by atoms with Gasteiger partial charge in [0.1, 0.15) is 0 Å². The highest BCUT2D eigenvalue weighted by atomic mass is 16.3. The first kappa shape index (κ1) is 12.3. The molecule has 2 rings (SSSR count). The number of benzene rings is 1. The van der Waals surface area contributed by atoms with E-state index in [0.717, 1.165) is 31.5 Å². The van der Waals surface area contributed by atoms with Crippen LogP contribution in [-0.2, 0) is 0 Å². The number of carbonyl (C=O) groups excluding carboxylic acids is 1. The van der Waals surface area contributed by atoms with Gasteiger partial charge < -0.3 is 5.11 Å². The summed E-state index contributed by atoms with van der Waals surface area (Å²) >= 11 is 0. The summed E-state index contributed by atoms with van der Waals surface area (Å²) in [4.78, 5) is 14.4. The Bertz CT molecular complexity index is 369. The van der Waals surface area contributed by atoms with Crippen molar-refractivity contribution in [2.75, 3.05) is 13.1 Å². The van der Waals surface area contributed by atoms with Crippen LogP contribution in [0.25, 0.3) is 0 Å². The molecule has 1 heterocycles. The molecule has 1 N–H and O–H groups in total. The predicted octanol–water partition coefficient (Wildman–Crippen LogP) is 1.71. The van der Waals surface area contributed by atoms with Gasteiger partial charge in [-0.05, 0) is 19.8 Å². The van der Waals surface area contributed by atoms with Crippen molar-refractivity contribution in [2.45, 2.75) is 31.9 Å². The van der Waals surface area contributed by atoms with Gasteiger partial charge in [-0.25, -0.2) is 0 Å². The molecule has 1 unspecified atom stereocenters. The number of Topliss-reactive ketones (excluding diaryl/α,β-unsaturated/α-hetero) is 1. The maximum absolute atomic E-state index is 12.2. The van der Waals surface area contributed by atoms with Crippen LogP contribution < -0.4 is 0 Å². The van der Waals surface area contributed by atoms with Crippen molar-refractivity contribution in [2.24, 2.45) is 0 Å². The molecule has 0 saturated carbocycles. The molecule has 0 bridgehead atoms. The number of rotatable bonds is 3. The average Bonchev–Trinajstić information content (AvgIpc) is 2.39. The molecule has 0 spiro atoms. The second-order valence-electron chi connectivity index (χ2n) is 4.67. The fraction of sp³-hybridized carbons (Fsp3) is 0.500. The van der Waals surface area contributed by atoms with E-state index in [0.29, 0.717) is 0 Å². The zero-order valence-corrected chi connectivity index (χ0v) is 10.2. The number of hydrogen-bond acceptors (Lipinski definition) is 3. The molecule has 17 heavy (non-hydrogen) atoms. The zero-order chi connectivity index (χ0) is 12.3. The molecule has 0 radical (unpaired) electrons. The number of carbonyl (C=O) groups is 1. The van der Waals surface area contributed by atoms with Crippen LogP contribution in [0, 0.1) is 0 Å². The topological polar surface area (TPSA) is 40.5 Å². The lowest BCUT2D eigenvalue weighted by atomic mass is 10.0. The summed E-state index contributed by atoms with van der Waals surface area (Å²) in [5.41, 5.74) is 0.770. The molecule has 0 amide bonds. The lowest BCUT2D eigenvalue weighted by Crippen LogP contribution is -2.45. The molecule has 1 fully saturated rings. The lowest BCUT2D eigenvalue weighted by Gasteiger charge is -2.33. The van der Waals surface area contributed by atoms with Gasteiger partial charge in [-0.2, -0.15) is 0 Å². The third-order valence-corrected chi connectivity index (χ3v) is 3.48. The predicted molar refractivity (Wildman–Crippen MR) is 67.0 cm³/mol. The molecule has 0 aromatic heterocycles. The van der Waals surface area contributed by atoms with Crippen LogP contribution in [-0.4, -0.2) is 41.0 Å². The quantitative estimate of drug-likeness (QED) is 0.808. The fourth-order valence-corrected chi connectivity index (χ4v) is 2.28. The molecule has 3 nitrogen and oxygen atoms in total. The minimum atomic E-state index is -0.190. The first-order valence-electron chi connectivity index (χ1n) is 6.20. The number of piperidine rings is 1. The molecule has 92 valence electrons. The summed E-state index contributed by atoms with van der Waals surface area (Å²) in [6, 6.07) is 9.32. The van der Waals surface area contributed by atoms with E-state index >= 15 is 0 Å². The second-order valence-corrected chi connectivity index (χ2v) is 4.67. The Morgan fingerprint density at radius 2 is 1.88 bits per heavy atom. The van der Waals surface area contributed by atoms with Crippen LogP contribution in [0.5, 0.6) is 0 Å². The lowest BCUT2D eigenvalue weighted by molar-refractivity contribution is 0.0549. The molecule has 1 atom stereocenters. The number of ketones is 1. The third kappa shape index (κ3) is 2.93. The smallest absolute Gasteiger partial charge is 0.179 e. The van der Waals surface area contributed by atoms with E-state index in [9.17, 15) is 9.90 Å². The van der Waals surface area contributed by atoms with E-state index in [-0.39, 0.29) is 17.9 Å². The molecule has 1 aromatic carbocycles. The second kappa shape index (κ2) is 5.43. The Hall–Kier alpha value is -1.19. The van der Waals surface area contributed by atoms with Crippen molar-refractivity contribution < 1.29 is 9.90 Å². The van der Waals surface area contributed by atoms with Gasteiger partial charge >= 0.3 is 0 Å². The molecular weight excluding hydrogens is 214 g/mol. The van der Waals surface area contributed by atoms with Gasteiger partial charge in [0.2, 0.25) is 0 Å². The molecule has 0 aliphatic carbocycles. The van der Waals surface area contributed by atoms with Gasteiger partial charge in [0.25, 0.3) is 0 Å². The van der Waals surface area contributed by atoms with E-state index in [4.69, 9.17) is 0 Å². The maximum atomic E-state index is 12.2. The van der Waals surface area contributed by atoms with Crippen LogP contribution in [0.2, 0.25) is 0 Å². The maximum Gasteiger partial charge on any atom is 0.179 e. The summed E-state index contributed by atoms with van der Waals surface area (Å²) in [7, 11) is 0. The summed E-state index contributed by atoms with van der Waals surface area (Å²) in [5.74, 6) is 0.169. The van der Waals surface area contributed by atoms with Gasteiger partial charge in [0.15, 0.2) is 5.78 Å². The molecule has 1 aliphatic rings. The summed E-state index contributed by atoms with van der Waals surface area (Å²) in [5, 5.41) is 9.45. The van der Waals surface area contributed by atoms with Gasteiger partial charge in [0, 0.05) is 18.7 Å². The van der Waals surface area contributed by atoms with Gasteiger partial charge in [-0.1, -0.05) is 30.3 Å². The van der Waals surface area contributed by atoms with Gasteiger partial charge in [0.05, 0.1) is 12.1 Å². The number of aliphatic hydroxyl groups excluding tert-OH is 1. The standard InChI is InChI=1S/C14H19NO2/c1-11(15-9-7-13(16)8-10-15)14(17)12-5-3-2-4-6-12/h2-6,11,13,16H,7-10H2,1H3. The summed E-state index contributed by atoms with van der Waals surface area (Å²) in [6.07, 6.45) is 1.35. The molecule has 3 heteroatoms. The Morgan fingerprint density at radius 1 is 1.29 bits per heavy atom. The number of aliphatic hydroxyl groups is 1. The monoisotopic (exact) mass is 233 g/mol. The Kier molecular flexibility index (Phi) is 3.92. The SMILES string of the molecule is CC(C(=O)c1ccccc1)N1CCC(O)CC1. The normalized spacial score (nSPS) is 20.1. The molecule has 1 aliphatic heterocycles. The molecular formula is C14H19NO2. The highest BCUT2D eigenvalue weighted by Gasteiger charge is 2.26. The fourth-order valence-electron chi connectivity index (χ4n) is 2.28. The Balaban J connectivity index is 2.00. The van der Waals surface area contributed by atoms with E-state index in [2.05, 4.69) is 4.90 Å². The largest absolute Gasteiger partial charge is 0.393 e. The third-order valence-electron chi connectivity index (χ3n) is 3.48. The van der Waals surface area contributed by atoms with Crippen molar-refractivity contribution in [3.63, 3.8) is 0 Å². The minimum Gasteiger partial charge on any atom is -0.393 e. The number of hydrogen-bond donors (Lipinski definition) is 1. The van der Waals surface area contributed by atoms with E-state index in [1.165, 1.54) is 0 Å². The highest BCUT2D eigenvalue weighted by molar-refractivity contribution is 5.99. The van der Waals surface area contributed by atoms with Crippen LogP contribution in [0.4, 0.5) is 0 Å². The summed E-state index contributed by atoms with van der Waals surface area (Å²) < 4.78 is 0. The van der Waals surface area contributed by atoms with Gasteiger partial charge in [-0.15, -0.1) is 0 Å². The van der Waals surface area contributed by atoms with Gasteiger partial charge in [-0.3, -0.25) is 9.69 Å². The average molecular weight is 233 g/mol. The van der Waals surface area contributed by atoms with Crippen LogP contribution in [0.3, 0.4) is 0 Å². The van der Waals surface area contributed by atoms with Crippen molar-refractivity contribution in [1.29, 1.82) is 0 Å². The summed E-state index contributed by atoms with van der Waals surface area (Å²) in [6.45, 7) is 3.56. The first-order chi connectivity index (χ1) is 8.18. The van der Waals surface area contributed by atoms with Crippen molar-refractivity contribution in [3.8, 4) is 0 Å².